The van der Waals surface area contributed by atoms with Gasteiger partial charge in [-0.25, -0.2) is 0 Å². The fourth-order valence-electron chi connectivity index (χ4n) is 3.82. The van der Waals surface area contributed by atoms with Crippen molar-refractivity contribution in [3.05, 3.63) is 28.3 Å². The second kappa shape index (κ2) is 8.01. The molecule has 3 rings (SSSR count). The summed E-state index contributed by atoms with van der Waals surface area (Å²) in [5.41, 5.74) is 0.861. The molecule has 1 aromatic rings. The zero-order chi connectivity index (χ0) is 17.8. The van der Waals surface area contributed by atoms with E-state index in [2.05, 4.69) is 17.1 Å². The molecule has 1 N–H and O–H groups in total. The molecule has 0 unspecified atom stereocenters. The first-order chi connectivity index (χ1) is 12.1. The summed E-state index contributed by atoms with van der Waals surface area (Å²) in [4.78, 5) is 13.1. The van der Waals surface area contributed by atoms with Crippen molar-refractivity contribution in [1.29, 1.82) is 0 Å². The third-order valence-electron chi connectivity index (χ3n) is 5.20. The fraction of sp³-hybridized carbons (Fsp3) is 0.667. The molecule has 0 radical (unpaired) electrons. The smallest absolute Gasteiger partial charge is 0.311 e. The van der Waals surface area contributed by atoms with Crippen molar-refractivity contribution in [3.8, 4) is 5.75 Å². The summed E-state index contributed by atoms with van der Waals surface area (Å²) < 4.78 is 10.9. The molecular weight excluding hydrogens is 322 g/mol. The number of benzene rings is 1. The minimum Gasteiger partial charge on any atom is -0.490 e. The van der Waals surface area contributed by atoms with E-state index in [0.29, 0.717) is 23.8 Å². The molecule has 2 saturated heterocycles. The summed E-state index contributed by atoms with van der Waals surface area (Å²) in [7, 11) is 1.46. The number of hydrogen-bond donors (Lipinski definition) is 1. The Morgan fingerprint density at radius 2 is 2.28 bits per heavy atom. The molecule has 0 bridgehead atoms. The van der Waals surface area contributed by atoms with Crippen LogP contribution in [-0.4, -0.2) is 55.3 Å². The van der Waals surface area contributed by atoms with E-state index in [1.807, 2.05) is 0 Å². The summed E-state index contributed by atoms with van der Waals surface area (Å²) in [6.45, 7) is 6.28. The van der Waals surface area contributed by atoms with Gasteiger partial charge in [0.2, 0.25) is 0 Å². The van der Waals surface area contributed by atoms with E-state index in [9.17, 15) is 10.1 Å². The number of nitro groups is 1. The molecule has 7 heteroatoms. The van der Waals surface area contributed by atoms with Gasteiger partial charge in [0.1, 0.15) is 0 Å². The van der Waals surface area contributed by atoms with Crippen LogP contribution in [-0.2, 0) is 4.74 Å². The van der Waals surface area contributed by atoms with Gasteiger partial charge in [-0.2, -0.15) is 0 Å². The van der Waals surface area contributed by atoms with Gasteiger partial charge in [-0.05, 0) is 31.2 Å². The van der Waals surface area contributed by atoms with Gasteiger partial charge in [-0.3, -0.25) is 10.1 Å². The van der Waals surface area contributed by atoms with Crippen molar-refractivity contribution in [3.63, 3.8) is 0 Å². The van der Waals surface area contributed by atoms with E-state index < -0.39 is 4.92 Å². The maximum absolute atomic E-state index is 11.0. The highest BCUT2D eigenvalue weighted by Gasteiger charge is 2.28. The van der Waals surface area contributed by atoms with Crippen molar-refractivity contribution in [2.24, 2.45) is 5.92 Å². The van der Waals surface area contributed by atoms with Crippen LogP contribution in [0.1, 0.15) is 26.2 Å². The van der Waals surface area contributed by atoms with Crippen molar-refractivity contribution in [1.82, 2.24) is 4.90 Å². The molecule has 25 heavy (non-hydrogen) atoms. The van der Waals surface area contributed by atoms with Gasteiger partial charge in [0, 0.05) is 50.1 Å². The zero-order valence-electron chi connectivity index (χ0n) is 14.9. The van der Waals surface area contributed by atoms with Gasteiger partial charge in [-0.15, -0.1) is 0 Å². The van der Waals surface area contributed by atoms with Crippen molar-refractivity contribution >= 4 is 11.4 Å². The van der Waals surface area contributed by atoms with Crippen LogP contribution in [0.4, 0.5) is 11.4 Å². The number of anilines is 1. The lowest BCUT2D eigenvalue weighted by Gasteiger charge is -2.38. The van der Waals surface area contributed by atoms with Crippen LogP contribution >= 0.6 is 0 Å². The monoisotopic (exact) mass is 349 g/mol. The SMILES string of the molecule is COc1cc(N[C@@H]2CCN(C[C@H]3CCCO3)C[C@H]2C)ccc1[N+](=O)[O-]. The average molecular weight is 349 g/mol. The number of nitrogens with one attached hydrogen (secondary N) is 1. The Morgan fingerprint density at radius 3 is 2.92 bits per heavy atom. The molecule has 0 spiro atoms. The lowest BCUT2D eigenvalue weighted by atomic mass is 9.93. The van der Waals surface area contributed by atoms with Crippen LogP contribution in [0.25, 0.3) is 0 Å². The summed E-state index contributed by atoms with van der Waals surface area (Å²) in [6, 6.07) is 5.32. The summed E-state index contributed by atoms with van der Waals surface area (Å²) in [6.07, 6.45) is 3.80. The maximum atomic E-state index is 11.0. The van der Waals surface area contributed by atoms with E-state index in [4.69, 9.17) is 9.47 Å². The number of nitrogens with zero attached hydrogens (tertiary/aromatic N) is 2. The van der Waals surface area contributed by atoms with Crippen LogP contribution in [0.5, 0.6) is 5.75 Å². The number of methoxy groups -OCH3 is 1. The van der Waals surface area contributed by atoms with Crippen LogP contribution in [0.3, 0.4) is 0 Å². The molecule has 0 aliphatic carbocycles. The van der Waals surface area contributed by atoms with E-state index in [0.717, 1.165) is 38.3 Å². The highest BCUT2D eigenvalue weighted by atomic mass is 16.6. The largest absolute Gasteiger partial charge is 0.490 e. The second-order valence-electron chi connectivity index (χ2n) is 7.06. The van der Waals surface area contributed by atoms with Crippen LogP contribution in [0, 0.1) is 16.0 Å². The van der Waals surface area contributed by atoms with Crippen molar-refractivity contribution in [2.45, 2.75) is 38.3 Å². The molecule has 7 nitrogen and oxygen atoms in total. The van der Waals surface area contributed by atoms with Crippen LogP contribution in [0.15, 0.2) is 18.2 Å². The Morgan fingerprint density at radius 1 is 1.44 bits per heavy atom. The lowest BCUT2D eigenvalue weighted by Crippen LogP contribution is -2.47. The van der Waals surface area contributed by atoms with Gasteiger partial charge in [-0.1, -0.05) is 6.92 Å². The number of rotatable bonds is 6. The molecule has 2 aliphatic rings. The van der Waals surface area contributed by atoms with E-state index >= 15 is 0 Å². The predicted octanol–water partition coefficient (Wildman–Crippen LogP) is 2.90. The highest BCUT2D eigenvalue weighted by Crippen LogP contribution is 2.31. The maximum Gasteiger partial charge on any atom is 0.311 e. The quantitative estimate of drug-likeness (QED) is 0.628. The van der Waals surface area contributed by atoms with Gasteiger partial charge < -0.3 is 19.7 Å². The average Bonchev–Trinajstić information content (AvgIpc) is 3.10. The Labute approximate surface area is 148 Å². The van der Waals surface area contributed by atoms with Gasteiger partial charge in [0.15, 0.2) is 5.75 Å². The zero-order valence-corrected chi connectivity index (χ0v) is 14.9. The van der Waals surface area contributed by atoms with E-state index in [-0.39, 0.29) is 5.69 Å². The molecular formula is C18H27N3O4. The molecule has 2 aliphatic heterocycles. The first-order valence-corrected chi connectivity index (χ1v) is 8.99. The standard InChI is InChI=1S/C18H27N3O4/c1-13-11-20(12-15-4-3-9-25-15)8-7-16(13)19-14-5-6-17(21(22)23)18(10-14)24-2/h5-6,10,13,15-16,19H,3-4,7-9,11-12H2,1-2H3/t13-,15-,16-/m1/s1. The van der Waals surface area contributed by atoms with E-state index in [1.165, 1.54) is 26.0 Å². The molecule has 0 aromatic heterocycles. The minimum atomic E-state index is -0.422. The Hall–Kier alpha value is -1.86. The lowest BCUT2D eigenvalue weighted by molar-refractivity contribution is -0.385. The van der Waals surface area contributed by atoms with Crippen molar-refractivity contribution < 1.29 is 14.4 Å². The van der Waals surface area contributed by atoms with Crippen LogP contribution in [0.2, 0.25) is 0 Å². The third-order valence-corrected chi connectivity index (χ3v) is 5.20. The van der Waals surface area contributed by atoms with Gasteiger partial charge >= 0.3 is 5.69 Å². The fourth-order valence-corrected chi connectivity index (χ4v) is 3.82. The molecule has 1 aromatic carbocycles. The van der Waals surface area contributed by atoms with Crippen molar-refractivity contribution in [2.75, 3.05) is 38.7 Å². The Bertz CT molecular complexity index is 604. The number of likely N-dealkylation sites (tertiary alicyclic amines) is 1. The Kier molecular flexibility index (Phi) is 5.75. The first kappa shape index (κ1) is 17.9. The Balaban J connectivity index is 1.57. The second-order valence-corrected chi connectivity index (χ2v) is 7.06. The topological polar surface area (TPSA) is 76.9 Å². The van der Waals surface area contributed by atoms with Crippen LogP contribution < -0.4 is 10.1 Å². The molecule has 138 valence electrons. The normalized spacial score (nSPS) is 27.2. The third kappa shape index (κ3) is 4.41. The number of nitro benzene ring substituents is 1. The van der Waals surface area contributed by atoms with E-state index in [1.54, 1.807) is 12.1 Å². The molecule has 0 amide bonds. The first-order valence-electron chi connectivity index (χ1n) is 8.99. The minimum absolute atomic E-state index is 0.00696. The van der Waals surface area contributed by atoms with Gasteiger partial charge in [0.25, 0.3) is 0 Å². The number of ether oxygens (including phenoxy) is 2. The number of piperidine rings is 1. The summed E-state index contributed by atoms with van der Waals surface area (Å²) in [5.74, 6) is 0.787. The highest BCUT2D eigenvalue weighted by molar-refractivity contribution is 5.58. The van der Waals surface area contributed by atoms with Gasteiger partial charge in [0.05, 0.1) is 18.1 Å². The molecule has 3 atom stereocenters. The molecule has 2 heterocycles. The molecule has 2 fully saturated rings. The summed E-state index contributed by atoms with van der Waals surface area (Å²) >= 11 is 0. The summed E-state index contributed by atoms with van der Waals surface area (Å²) in [5, 5.41) is 14.5. The molecule has 0 saturated carbocycles. The predicted molar refractivity (Wildman–Crippen MR) is 96.3 cm³/mol. The number of hydrogen-bond acceptors (Lipinski definition) is 6.